The first kappa shape index (κ1) is 17.5. The number of amides is 1. The van der Waals surface area contributed by atoms with E-state index < -0.39 is 23.9 Å². The van der Waals surface area contributed by atoms with Crippen molar-refractivity contribution in [1.29, 1.82) is 0 Å². The Labute approximate surface area is 140 Å². The molecule has 0 bridgehead atoms. The van der Waals surface area contributed by atoms with Crippen LogP contribution in [0.1, 0.15) is 19.4 Å². The molecule has 0 aliphatic carbocycles. The van der Waals surface area contributed by atoms with Crippen molar-refractivity contribution in [3.05, 3.63) is 47.2 Å². The summed E-state index contributed by atoms with van der Waals surface area (Å²) in [6, 6.07) is 7.91. The third-order valence-corrected chi connectivity index (χ3v) is 3.57. The molecule has 7 heteroatoms. The lowest BCUT2D eigenvalue weighted by Crippen LogP contribution is -2.43. The van der Waals surface area contributed by atoms with Gasteiger partial charge < -0.3 is 20.1 Å². The summed E-state index contributed by atoms with van der Waals surface area (Å²) in [5, 5.41) is 0. The quantitative estimate of drug-likeness (QED) is 0.771. The summed E-state index contributed by atoms with van der Waals surface area (Å²) < 4.78 is 9.96. The minimum atomic E-state index is -1.20. The highest BCUT2D eigenvalue weighted by molar-refractivity contribution is 6.12. The van der Waals surface area contributed by atoms with E-state index in [0.29, 0.717) is 0 Å². The van der Waals surface area contributed by atoms with Crippen LogP contribution in [0.2, 0.25) is 0 Å². The first-order valence-electron chi connectivity index (χ1n) is 7.69. The van der Waals surface area contributed by atoms with Crippen molar-refractivity contribution in [3.8, 4) is 0 Å². The summed E-state index contributed by atoms with van der Waals surface area (Å²) in [6.07, 6.45) is 0. The van der Waals surface area contributed by atoms with Gasteiger partial charge in [0.2, 0.25) is 0 Å². The molecule has 1 aromatic carbocycles. The van der Waals surface area contributed by atoms with Gasteiger partial charge in [-0.1, -0.05) is 30.3 Å². The second kappa shape index (κ2) is 7.63. The van der Waals surface area contributed by atoms with Crippen molar-refractivity contribution in [2.75, 3.05) is 13.2 Å². The molecule has 1 aliphatic heterocycles. The fourth-order valence-corrected chi connectivity index (χ4v) is 2.53. The second-order valence-electron chi connectivity index (χ2n) is 5.12. The van der Waals surface area contributed by atoms with Crippen molar-refractivity contribution in [2.45, 2.75) is 26.4 Å². The lowest BCUT2D eigenvalue weighted by atomic mass is 10.1. The van der Waals surface area contributed by atoms with Gasteiger partial charge in [-0.3, -0.25) is 4.79 Å². The van der Waals surface area contributed by atoms with Gasteiger partial charge in [-0.2, -0.15) is 0 Å². The van der Waals surface area contributed by atoms with Gasteiger partial charge in [0.1, 0.15) is 5.70 Å². The molecule has 0 spiro atoms. The van der Waals surface area contributed by atoms with E-state index >= 15 is 0 Å². The third kappa shape index (κ3) is 3.40. The highest BCUT2D eigenvalue weighted by Crippen LogP contribution is 2.27. The van der Waals surface area contributed by atoms with Crippen LogP contribution in [0.4, 0.5) is 0 Å². The van der Waals surface area contributed by atoms with Crippen LogP contribution in [0.15, 0.2) is 41.6 Å². The molecule has 0 saturated carbocycles. The maximum atomic E-state index is 12.5. The van der Waals surface area contributed by atoms with Crippen molar-refractivity contribution >= 4 is 17.8 Å². The molecule has 2 rings (SSSR count). The molecule has 1 atom stereocenters. The number of rotatable bonds is 6. The van der Waals surface area contributed by atoms with Crippen LogP contribution in [-0.2, 0) is 30.4 Å². The van der Waals surface area contributed by atoms with Crippen LogP contribution < -0.4 is 5.73 Å². The lowest BCUT2D eigenvalue weighted by molar-refractivity contribution is -0.153. The van der Waals surface area contributed by atoms with E-state index in [2.05, 4.69) is 0 Å². The van der Waals surface area contributed by atoms with Gasteiger partial charge in [0.15, 0.2) is 6.04 Å². The second-order valence-corrected chi connectivity index (χ2v) is 5.12. The standard InChI is InChI=1S/C17H20N2O5/c1-3-23-16(21)12-13(18)15(20)19(14(12)17(22)24-4-2)10-11-8-6-5-7-9-11/h5-9,14H,3-4,10,18H2,1-2H3. The Hall–Kier alpha value is -2.83. The van der Waals surface area contributed by atoms with Gasteiger partial charge in [-0.25, -0.2) is 9.59 Å². The van der Waals surface area contributed by atoms with Crippen LogP contribution in [-0.4, -0.2) is 42.0 Å². The molecule has 0 radical (unpaired) electrons. The number of esters is 2. The number of carbonyl (C=O) groups is 3. The van der Waals surface area contributed by atoms with Gasteiger partial charge in [-0.05, 0) is 19.4 Å². The zero-order valence-electron chi connectivity index (χ0n) is 13.7. The Morgan fingerprint density at radius 3 is 2.33 bits per heavy atom. The van der Waals surface area contributed by atoms with Gasteiger partial charge in [-0.15, -0.1) is 0 Å². The molecule has 1 amide bonds. The smallest absolute Gasteiger partial charge is 0.339 e. The zero-order valence-corrected chi connectivity index (χ0v) is 13.7. The van der Waals surface area contributed by atoms with Crippen molar-refractivity contribution in [1.82, 2.24) is 4.90 Å². The monoisotopic (exact) mass is 332 g/mol. The van der Waals surface area contributed by atoms with E-state index in [1.165, 1.54) is 4.90 Å². The summed E-state index contributed by atoms with van der Waals surface area (Å²) in [4.78, 5) is 38.2. The van der Waals surface area contributed by atoms with Crippen molar-refractivity contribution in [3.63, 3.8) is 0 Å². The fourth-order valence-electron chi connectivity index (χ4n) is 2.53. The maximum Gasteiger partial charge on any atom is 0.339 e. The van der Waals surface area contributed by atoms with Gasteiger partial charge in [0.25, 0.3) is 5.91 Å². The Morgan fingerprint density at radius 1 is 1.12 bits per heavy atom. The summed E-state index contributed by atoms with van der Waals surface area (Å²) in [7, 11) is 0. The van der Waals surface area contributed by atoms with Crippen LogP contribution in [0.5, 0.6) is 0 Å². The fraction of sp³-hybridized carbons (Fsp3) is 0.353. The van der Waals surface area contributed by atoms with Crippen LogP contribution in [0, 0.1) is 0 Å². The Balaban J connectivity index is 2.37. The minimum Gasteiger partial charge on any atom is -0.464 e. The number of benzene rings is 1. The van der Waals surface area contributed by atoms with Gasteiger partial charge >= 0.3 is 11.9 Å². The Morgan fingerprint density at radius 2 is 1.75 bits per heavy atom. The Kier molecular flexibility index (Phi) is 5.57. The molecule has 0 saturated heterocycles. The predicted octanol–water partition coefficient (Wildman–Crippen LogP) is 0.736. The average Bonchev–Trinajstić information content (AvgIpc) is 2.81. The normalized spacial score (nSPS) is 17.2. The molecule has 0 fully saturated rings. The first-order valence-corrected chi connectivity index (χ1v) is 7.69. The number of hydrogen-bond acceptors (Lipinski definition) is 6. The minimum absolute atomic E-state index is 0.109. The number of ether oxygens (including phenoxy) is 2. The zero-order chi connectivity index (χ0) is 17.7. The molecule has 1 aromatic rings. The van der Waals surface area contributed by atoms with E-state index in [9.17, 15) is 14.4 Å². The lowest BCUT2D eigenvalue weighted by Gasteiger charge is -2.24. The number of hydrogen-bond donors (Lipinski definition) is 1. The first-order chi connectivity index (χ1) is 11.5. The van der Waals surface area contributed by atoms with E-state index in [-0.39, 0.29) is 31.0 Å². The topological polar surface area (TPSA) is 98.9 Å². The van der Waals surface area contributed by atoms with Crippen LogP contribution in [0.25, 0.3) is 0 Å². The van der Waals surface area contributed by atoms with E-state index in [1.807, 2.05) is 30.3 Å². The van der Waals surface area contributed by atoms with Gasteiger partial charge in [0, 0.05) is 6.54 Å². The number of carbonyl (C=O) groups excluding carboxylic acids is 3. The highest BCUT2D eigenvalue weighted by atomic mass is 16.5. The molecule has 1 heterocycles. The number of nitrogens with zero attached hydrogens (tertiary/aromatic N) is 1. The average molecular weight is 332 g/mol. The summed E-state index contributed by atoms with van der Waals surface area (Å²) >= 11 is 0. The number of nitrogens with two attached hydrogens (primary N) is 1. The third-order valence-electron chi connectivity index (χ3n) is 3.57. The van der Waals surface area contributed by atoms with E-state index in [0.717, 1.165) is 5.56 Å². The SMILES string of the molecule is CCOC(=O)C1=C(N)C(=O)N(Cc2ccccc2)C1C(=O)OCC. The molecule has 24 heavy (non-hydrogen) atoms. The van der Waals surface area contributed by atoms with Crippen LogP contribution >= 0.6 is 0 Å². The largest absolute Gasteiger partial charge is 0.464 e. The molecule has 2 N–H and O–H groups in total. The van der Waals surface area contributed by atoms with Gasteiger partial charge in [0.05, 0.1) is 18.8 Å². The summed E-state index contributed by atoms with van der Waals surface area (Å²) in [5.41, 5.74) is 6.17. The molecule has 128 valence electrons. The van der Waals surface area contributed by atoms with Crippen LogP contribution in [0.3, 0.4) is 0 Å². The van der Waals surface area contributed by atoms with Crippen molar-refractivity contribution < 1.29 is 23.9 Å². The molecular weight excluding hydrogens is 312 g/mol. The van der Waals surface area contributed by atoms with Crippen molar-refractivity contribution in [2.24, 2.45) is 5.73 Å². The van der Waals surface area contributed by atoms with E-state index in [1.54, 1.807) is 13.8 Å². The molecular formula is C17H20N2O5. The summed E-state index contributed by atoms with van der Waals surface area (Å²) in [5.74, 6) is -2.07. The summed E-state index contributed by atoms with van der Waals surface area (Å²) in [6.45, 7) is 3.64. The molecule has 0 aromatic heterocycles. The highest BCUT2D eigenvalue weighted by Gasteiger charge is 2.47. The Bertz CT molecular complexity index is 669. The molecule has 1 aliphatic rings. The molecule has 1 unspecified atom stereocenters. The van der Waals surface area contributed by atoms with E-state index in [4.69, 9.17) is 15.2 Å². The molecule has 7 nitrogen and oxygen atoms in total. The maximum absolute atomic E-state index is 12.5. The predicted molar refractivity (Wildman–Crippen MR) is 85.3 cm³/mol.